The molecule has 0 amide bonds. The molecule has 1 aromatic carbocycles. The summed E-state index contributed by atoms with van der Waals surface area (Å²) >= 11 is 3.33. The van der Waals surface area contributed by atoms with E-state index < -0.39 is 5.97 Å². The highest BCUT2D eigenvalue weighted by atomic mass is 79.9. The van der Waals surface area contributed by atoms with Gasteiger partial charge in [0.05, 0.1) is 0 Å². The third-order valence-electron chi connectivity index (χ3n) is 1.95. The van der Waals surface area contributed by atoms with Gasteiger partial charge in [-0.2, -0.15) is 5.10 Å². The molecule has 2 rings (SSSR count). The Balaban J connectivity index is 2.24. The van der Waals surface area contributed by atoms with Crippen LogP contribution in [0.4, 0.5) is 0 Å². The molecule has 0 aliphatic heterocycles. The van der Waals surface area contributed by atoms with Gasteiger partial charge in [-0.1, -0.05) is 28.1 Å². The van der Waals surface area contributed by atoms with E-state index in [0.29, 0.717) is 11.6 Å². The Hall–Kier alpha value is -1.69. The molecule has 0 saturated carbocycles. The Morgan fingerprint density at radius 3 is 2.69 bits per heavy atom. The Labute approximate surface area is 99.7 Å². The quantitative estimate of drug-likeness (QED) is 0.900. The van der Waals surface area contributed by atoms with Crippen LogP contribution in [0.2, 0.25) is 0 Å². The van der Waals surface area contributed by atoms with Crippen molar-refractivity contribution >= 4 is 21.9 Å². The maximum Gasteiger partial charge on any atom is 0.311 e. The Morgan fingerprint density at radius 1 is 1.38 bits per heavy atom. The second-order valence-corrected chi connectivity index (χ2v) is 4.10. The Morgan fingerprint density at radius 2 is 2.06 bits per heavy atom. The number of halogens is 1. The van der Waals surface area contributed by atoms with Crippen LogP contribution in [0.25, 0.3) is 11.4 Å². The van der Waals surface area contributed by atoms with Crippen LogP contribution in [0, 0.1) is 0 Å². The number of hydrogen-bond acceptors (Lipinski definition) is 3. The molecule has 0 aliphatic rings. The minimum Gasteiger partial charge on any atom is -0.481 e. The average Bonchev–Trinajstić information content (AvgIpc) is 2.66. The number of rotatable bonds is 3. The first-order chi connectivity index (χ1) is 7.65. The van der Waals surface area contributed by atoms with Gasteiger partial charge in [-0.05, 0) is 12.1 Å². The molecule has 1 heterocycles. The third kappa shape index (κ3) is 2.46. The van der Waals surface area contributed by atoms with Gasteiger partial charge in [0.15, 0.2) is 5.82 Å². The number of aromatic nitrogens is 3. The zero-order chi connectivity index (χ0) is 11.5. The monoisotopic (exact) mass is 281 g/mol. The van der Waals surface area contributed by atoms with Crippen molar-refractivity contribution in [3.05, 3.63) is 34.6 Å². The molecule has 0 saturated heterocycles. The molecular weight excluding hydrogens is 274 g/mol. The fourth-order valence-electron chi connectivity index (χ4n) is 1.25. The molecule has 0 atom stereocenters. The molecule has 16 heavy (non-hydrogen) atoms. The highest BCUT2D eigenvalue weighted by molar-refractivity contribution is 9.10. The number of benzene rings is 1. The summed E-state index contributed by atoms with van der Waals surface area (Å²) in [5.41, 5.74) is 0.844. The summed E-state index contributed by atoms with van der Waals surface area (Å²) in [5.74, 6) is -0.0762. The highest BCUT2D eigenvalue weighted by Gasteiger charge is 2.08. The largest absolute Gasteiger partial charge is 0.481 e. The van der Waals surface area contributed by atoms with Crippen LogP contribution in [-0.4, -0.2) is 26.3 Å². The van der Waals surface area contributed by atoms with Gasteiger partial charge in [-0.25, -0.2) is 4.98 Å². The minimum atomic E-state index is -0.932. The van der Waals surface area contributed by atoms with Crippen LogP contribution in [0.5, 0.6) is 0 Å². The lowest BCUT2D eigenvalue weighted by atomic mass is 10.2. The van der Waals surface area contributed by atoms with E-state index in [1.54, 1.807) is 0 Å². The van der Waals surface area contributed by atoms with Gasteiger partial charge in [0.25, 0.3) is 0 Å². The zero-order valence-corrected chi connectivity index (χ0v) is 9.73. The van der Waals surface area contributed by atoms with Crippen LogP contribution < -0.4 is 0 Å². The predicted octanol–water partition coefficient (Wildman–Crippen LogP) is 1.86. The number of nitrogens with one attached hydrogen (secondary N) is 1. The van der Waals surface area contributed by atoms with Crippen molar-refractivity contribution in [2.24, 2.45) is 0 Å². The smallest absolute Gasteiger partial charge is 0.311 e. The summed E-state index contributed by atoms with van der Waals surface area (Å²) in [6, 6.07) is 7.47. The molecule has 0 spiro atoms. The van der Waals surface area contributed by atoms with Crippen LogP contribution in [0.15, 0.2) is 28.7 Å². The zero-order valence-electron chi connectivity index (χ0n) is 8.14. The molecule has 1 aromatic heterocycles. The summed E-state index contributed by atoms with van der Waals surface area (Å²) in [6.45, 7) is 0. The molecule has 0 bridgehead atoms. The standard InChI is InChI=1S/C10H8BrN3O2/c11-7-3-1-6(2-4-7)10-12-8(13-14-10)5-9(15)16/h1-4H,5H2,(H,15,16)(H,12,13,14). The minimum absolute atomic E-state index is 0.149. The number of aliphatic carboxylic acids is 1. The molecule has 0 radical (unpaired) electrons. The van der Waals surface area contributed by atoms with Crippen LogP contribution >= 0.6 is 15.9 Å². The third-order valence-corrected chi connectivity index (χ3v) is 2.48. The van der Waals surface area contributed by atoms with Crippen molar-refractivity contribution in [3.63, 3.8) is 0 Å². The Bertz CT molecular complexity index is 507. The van der Waals surface area contributed by atoms with Gasteiger partial charge in [-0.15, -0.1) is 0 Å². The number of carboxylic acid groups (broad SMARTS) is 1. The van der Waals surface area contributed by atoms with E-state index in [-0.39, 0.29) is 6.42 Å². The molecule has 0 aliphatic carbocycles. The molecule has 5 nitrogen and oxygen atoms in total. The van der Waals surface area contributed by atoms with E-state index in [1.165, 1.54) is 0 Å². The maximum atomic E-state index is 10.5. The molecule has 2 N–H and O–H groups in total. The van der Waals surface area contributed by atoms with Crippen molar-refractivity contribution in [2.45, 2.75) is 6.42 Å². The lowest BCUT2D eigenvalue weighted by Crippen LogP contribution is -2.01. The van der Waals surface area contributed by atoms with Gasteiger partial charge >= 0.3 is 5.97 Å². The summed E-state index contributed by atoms with van der Waals surface area (Å²) in [6.07, 6.45) is -0.149. The van der Waals surface area contributed by atoms with E-state index in [9.17, 15) is 4.79 Å². The number of aromatic amines is 1. The van der Waals surface area contributed by atoms with E-state index >= 15 is 0 Å². The van der Waals surface area contributed by atoms with E-state index in [2.05, 4.69) is 31.1 Å². The fourth-order valence-corrected chi connectivity index (χ4v) is 1.51. The van der Waals surface area contributed by atoms with Crippen molar-refractivity contribution in [1.29, 1.82) is 0 Å². The van der Waals surface area contributed by atoms with Crippen molar-refractivity contribution < 1.29 is 9.90 Å². The van der Waals surface area contributed by atoms with E-state index in [1.807, 2.05) is 24.3 Å². The van der Waals surface area contributed by atoms with Gasteiger partial charge < -0.3 is 5.11 Å². The maximum absolute atomic E-state index is 10.5. The Kier molecular flexibility index (Phi) is 3.00. The van der Waals surface area contributed by atoms with Gasteiger partial charge in [-0.3, -0.25) is 9.89 Å². The van der Waals surface area contributed by atoms with Crippen LogP contribution in [0.3, 0.4) is 0 Å². The van der Waals surface area contributed by atoms with Crippen LogP contribution in [0.1, 0.15) is 5.82 Å². The summed E-state index contributed by atoms with van der Waals surface area (Å²) in [7, 11) is 0. The SMILES string of the molecule is O=C(O)Cc1nc(-c2ccc(Br)cc2)n[nH]1. The first kappa shape index (κ1) is 10.8. The summed E-state index contributed by atoms with van der Waals surface area (Å²) < 4.78 is 0.970. The van der Waals surface area contributed by atoms with Gasteiger partial charge in [0.1, 0.15) is 12.2 Å². The highest BCUT2D eigenvalue weighted by Crippen LogP contribution is 2.18. The normalized spacial score (nSPS) is 10.3. The van der Waals surface area contributed by atoms with E-state index in [4.69, 9.17) is 5.11 Å². The second-order valence-electron chi connectivity index (χ2n) is 3.18. The van der Waals surface area contributed by atoms with Crippen molar-refractivity contribution in [1.82, 2.24) is 15.2 Å². The molecule has 82 valence electrons. The van der Waals surface area contributed by atoms with E-state index in [0.717, 1.165) is 10.0 Å². The molecule has 0 fully saturated rings. The first-order valence-electron chi connectivity index (χ1n) is 4.54. The lowest BCUT2D eigenvalue weighted by Gasteiger charge is -1.94. The van der Waals surface area contributed by atoms with Gasteiger partial charge in [0.2, 0.25) is 0 Å². The number of nitrogens with zero attached hydrogens (tertiary/aromatic N) is 2. The number of hydrogen-bond donors (Lipinski definition) is 2. The topological polar surface area (TPSA) is 78.9 Å². The van der Waals surface area contributed by atoms with Crippen LogP contribution in [-0.2, 0) is 11.2 Å². The summed E-state index contributed by atoms with van der Waals surface area (Å²) in [4.78, 5) is 14.6. The molecule has 6 heteroatoms. The fraction of sp³-hybridized carbons (Fsp3) is 0.100. The summed E-state index contributed by atoms with van der Waals surface area (Å²) in [5, 5.41) is 15.1. The number of carbonyl (C=O) groups is 1. The molecular formula is C10H8BrN3O2. The average molecular weight is 282 g/mol. The lowest BCUT2D eigenvalue weighted by molar-refractivity contribution is -0.136. The number of carboxylic acids is 1. The predicted molar refractivity (Wildman–Crippen MR) is 60.9 cm³/mol. The first-order valence-corrected chi connectivity index (χ1v) is 5.33. The number of H-pyrrole nitrogens is 1. The van der Waals surface area contributed by atoms with Crippen molar-refractivity contribution in [2.75, 3.05) is 0 Å². The van der Waals surface area contributed by atoms with Crippen molar-refractivity contribution in [3.8, 4) is 11.4 Å². The molecule has 0 unspecified atom stereocenters. The van der Waals surface area contributed by atoms with Gasteiger partial charge in [0, 0.05) is 10.0 Å². The molecule has 2 aromatic rings. The second kappa shape index (κ2) is 4.44.